The molecular formula is C13H9Br2FN2O. The van der Waals surface area contributed by atoms with Gasteiger partial charge in [0.05, 0.1) is 4.47 Å². The number of halogens is 3. The lowest BCUT2D eigenvalue weighted by Gasteiger charge is -2.06. The molecule has 2 aromatic rings. The van der Waals surface area contributed by atoms with Gasteiger partial charge in [-0.05, 0) is 68.6 Å². The van der Waals surface area contributed by atoms with Crippen LogP contribution in [0.3, 0.4) is 0 Å². The largest absolute Gasteiger partial charge is 0.307 e. The Morgan fingerprint density at radius 3 is 2.63 bits per heavy atom. The van der Waals surface area contributed by atoms with Crippen LogP contribution in [0.2, 0.25) is 0 Å². The third kappa shape index (κ3) is 3.39. The number of hydrogen-bond acceptors (Lipinski definition) is 2. The third-order valence-electron chi connectivity index (χ3n) is 2.47. The first-order valence-electron chi connectivity index (χ1n) is 5.36. The molecule has 98 valence electrons. The molecule has 0 spiro atoms. The van der Waals surface area contributed by atoms with E-state index in [0.29, 0.717) is 10.3 Å². The molecule has 19 heavy (non-hydrogen) atoms. The van der Waals surface area contributed by atoms with Crippen molar-refractivity contribution in [3.8, 4) is 0 Å². The summed E-state index contributed by atoms with van der Waals surface area (Å²) in [5.41, 5.74) is 1.19. The van der Waals surface area contributed by atoms with E-state index < -0.39 is 11.7 Å². The zero-order chi connectivity index (χ0) is 14.0. The molecule has 0 radical (unpaired) electrons. The topological polar surface area (TPSA) is 42.0 Å². The van der Waals surface area contributed by atoms with Gasteiger partial charge in [0.25, 0.3) is 5.91 Å². The Hall–Kier alpha value is -1.27. The molecule has 2 rings (SSSR count). The van der Waals surface area contributed by atoms with E-state index >= 15 is 0 Å². The fraction of sp³-hybridized carbons (Fsp3) is 0.0769. The van der Waals surface area contributed by atoms with Crippen molar-refractivity contribution < 1.29 is 9.18 Å². The van der Waals surface area contributed by atoms with Gasteiger partial charge in [-0.1, -0.05) is 0 Å². The minimum atomic E-state index is -0.479. The zero-order valence-corrected chi connectivity index (χ0v) is 13.0. The lowest BCUT2D eigenvalue weighted by atomic mass is 10.2. The molecular weight excluding hydrogens is 379 g/mol. The molecule has 0 aliphatic heterocycles. The van der Waals surface area contributed by atoms with Crippen molar-refractivity contribution in [2.45, 2.75) is 6.92 Å². The minimum Gasteiger partial charge on any atom is -0.307 e. The summed E-state index contributed by atoms with van der Waals surface area (Å²) in [6.07, 6.45) is 1.60. The van der Waals surface area contributed by atoms with Crippen LogP contribution in [0.1, 0.15) is 15.9 Å². The van der Waals surface area contributed by atoms with Gasteiger partial charge in [0.15, 0.2) is 0 Å². The van der Waals surface area contributed by atoms with Crippen LogP contribution in [0.15, 0.2) is 39.4 Å². The van der Waals surface area contributed by atoms with Crippen molar-refractivity contribution >= 4 is 43.6 Å². The number of carbonyl (C=O) groups is 1. The molecule has 1 heterocycles. The number of amides is 1. The predicted molar refractivity (Wildman–Crippen MR) is 78.7 cm³/mol. The van der Waals surface area contributed by atoms with Gasteiger partial charge in [-0.25, -0.2) is 9.37 Å². The fourth-order valence-electron chi connectivity index (χ4n) is 1.43. The van der Waals surface area contributed by atoms with E-state index in [-0.39, 0.29) is 5.56 Å². The second-order valence-corrected chi connectivity index (χ2v) is 5.61. The van der Waals surface area contributed by atoms with Gasteiger partial charge in [0, 0.05) is 16.2 Å². The van der Waals surface area contributed by atoms with Crippen molar-refractivity contribution in [1.29, 1.82) is 0 Å². The highest BCUT2D eigenvalue weighted by atomic mass is 79.9. The Balaban J connectivity index is 2.20. The van der Waals surface area contributed by atoms with Crippen molar-refractivity contribution in [3.05, 3.63) is 56.4 Å². The summed E-state index contributed by atoms with van der Waals surface area (Å²) in [5, 5.41) is 2.62. The minimum absolute atomic E-state index is 0.239. The highest BCUT2D eigenvalue weighted by molar-refractivity contribution is 9.10. The molecule has 0 aliphatic rings. The molecule has 0 saturated carbocycles. The number of rotatable bonds is 2. The molecule has 1 amide bonds. The number of nitrogens with zero attached hydrogens (tertiary/aromatic N) is 1. The van der Waals surface area contributed by atoms with Gasteiger partial charge in [-0.2, -0.15) is 0 Å². The summed E-state index contributed by atoms with van der Waals surface area (Å²) >= 11 is 6.37. The van der Waals surface area contributed by atoms with Crippen LogP contribution in [0.25, 0.3) is 0 Å². The van der Waals surface area contributed by atoms with E-state index in [4.69, 9.17) is 0 Å². The van der Waals surface area contributed by atoms with Crippen LogP contribution < -0.4 is 5.32 Å². The number of carbonyl (C=O) groups excluding carboxylic acids is 1. The number of benzene rings is 1. The highest BCUT2D eigenvalue weighted by Gasteiger charge is 2.10. The summed E-state index contributed by atoms with van der Waals surface area (Å²) in [4.78, 5) is 16.0. The molecule has 6 heteroatoms. The standard InChI is InChI=1S/C13H9Br2FN2O/c1-7-4-12(17-6-10(7)15)18-13(19)8-2-3-9(14)11(16)5-8/h2-6H,1H3,(H,17,18,19). The van der Waals surface area contributed by atoms with E-state index in [0.717, 1.165) is 10.0 Å². The van der Waals surface area contributed by atoms with Crippen LogP contribution >= 0.6 is 31.9 Å². The SMILES string of the molecule is Cc1cc(NC(=O)c2ccc(Br)c(F)c2)ncc1Br. The molecule has 0 atom stereocenters. The fourth-order valence-corrected chi connectivity index (χ4v) is 1.90. The number of aryl methyl sites for hydroxylation is 1. The van der Waals surface area contributed by atoms with Crippen molar-refractivity contribution in [3.63, 3.8) is 0 Å². The maximum absolute atomic E-state index is 13.3. The number of hydrogen-bond donors (Lipinski definition) is 1. The second kappa shape index (κ2) is 5.79. The summed E-state index contributed by atoms with van der Waals surface area (Å²) in [7, 11) is 0. The van der Waals surface area contributed by atoms with E-state index in [1.165, 1.54) is 18.2 Å². The molecule has 0 fully saturated rings. The van der Waals surface area contributed by atoms with E-state index in [1.807, 2.05) is 6.92 Å². The Labute approximate surface area is 126 Å². The predicted octanol–water partition coefficient (Wildman–Crippen LogP) is 4.31. The van der Waals surface area contributed by atoms with E-state index in [1.54, 1.807) is 12.3 Å². The van der Waals surface area contributed by atoms with Crippen LogP contribution in [0, 0.1) is 12.7 Å². The quantitative estimate of drug-likeness (QED) is 0.834. The second-order valence-electron chi connectivity index (χ2n) is 3.90. The van der Waals surface area contributed by atoms with Crippen LogP contribution in [-0.2, 0) is 0 Å². The average Bonchev–Trinajstić information content (AvgIpc) is 2.37. The Kier molecular flexibility index (Phi) is 4.31. The van der Waals surface area contributed by atoms with Crippen molar-refractivity contribution in [2.24, 2.45) is 0 Å². The zero-order valence-electron chi connectivity index (χ0n) is 9.88. The highest BCUT2D eigenvalue weighted by Crippen LogP contribution is 2.19. The van der Waals surface area contributed by atoms with Crippen LogP contribution in [-0.4, -0.2) is 10.9 Å². The third-order valence-corrected chi connectivity index (χ3v) is 3.94. The smallest absolute Gasteiger partial charge is 0.256 e. The Morgan fingerprint density at radius 1 is 1.26 bits per heavy atom. The molecule has 0 unspecified atom stereocenters. The van der Waals surface area contributed by atoms with Gasteiger partial charge >= 0.3 is 0 Å². The number of nitrogens with one attached hydrogen (secondary N) is 1. The number of aromatic nitrogens is 1. The van der Waals surface area contributed by atoms with E-state index in [2.05, 4.69) is 42.2 Å². The molecule has 1 aromatic carbocycles. The van der Waals surface area contributed by atoms with Gasteiger partial charge in [0.1, 0.15) is 11.6 Å². The maximum atomic E-state index is 13.3. The van der Waals surface area contributed by atoms with Crippen LogP contribution in [0.5, 0.6) is 0 Å². The molecule has 1 N–H and O–H groups in total. The van der Waals surface area contributed by atoms with E-state index in [9.17, 15) is 9.18 Å². The summed E-state index contributed by atoms with van der Waals surface area (Å²) in [6.45, 7) is 1.89. The normalized spacial score (nSPS) is 10.3. The van der Waals surface area contributed by atoms with Crippen molar-refractivity contribution in [2.75, 3.05) is 5.32 Å². The number of pyridine rings is 1. The monoisotopic (exact) mass is 386 g/mol. The molecule has 3 nitrogen and oxygen atoms in total. The average molecular weight is 388 g/mol. The van der Waals surface area contributed by atoms with Crippen LogP contribution in [0.4, 0.5) is 10.2 Å². The number of anilines is 1. The molecule has 1 aromatic heterocycles. The Morgan fingerprint density at radius 2 is 2.00 bits per heavy atom. The summed E-state index contributed by atoms with van der Waals surface area (Å²) < 4.78 is 14.5. The maximum Gasteiger partial charge on any atom is 0.256 e. The van der Waals surface area contributed by atoms with Crippen molar-refractivity contribution in [1.82, 2.24) is 4.98 Å². The summed E-state index contributed by atoms with van der Waals surface area (Å²) in [6, 6.07) is 5.93. The van der Waals surface area contributed by atoms with Gasteiger partial charge < -0.3 is 5.32 Å². The summed E-state index contributed by atoms with van der Waals surface area (Å²) in [5.74, 6) is -0.456. The van der Waals surface area contributed by atoms with Gasteiger partial charge in [-0.15, -0.1) is 0 Å². The molecule has 0 aliphatic carbocycles. The molecule has 0 bridgehead atoms. The first kappa shape index (κ1) is 14.1. The van der Waals surface area contributed by atoms with Gasteiger partial charge in [0.2, 0.25) is 0 Å². The first-order valence-corrected chi connectivity index (χ1v) is 6.94. The lowest BCUT2D eigenvalue weighted by molar-refractivity contribution is 0.102. The molecule has 0 saturated heterocycles. The van der Waals surface area contributed by atoms with Gasteiger partial charge in [-0.3, -0.25) is 4.79 Å². The lowest BCUT2D eigenvalue weighted by Crippen LogP contribution is -2.13. The Bertz CT molecular complexity index is 647. The first-order chi connectivity index (χ1) is 8.97.